The number of nitrogens with one attached hydrogen (secondary N) is 2. The van der Waals surface area contributed by atoms with Crippen LogP contribution in [0.1, 0.15) is 16.8 Å². The predicted octanol–water partition coefficient (Wildman–Crippen LogP) is 3.31. The van der Waals surface area contributed by atoms with Gasteiger partial charge in [0.15, 0.2) is 0 Å². The molecule has 1 aromatic heterocycles. The largest absolute Gasteiger partial charge is 0.497 e. The number of hydrogen-bond acceptors (Lipinski definition) is 3. The van der Waals surface area contributed by atoms with Gasteiger partial charge in [-0.15, -0.1) is 0 Å². The van der Waals surface area contributed by atoms with E-state index in [0.717, 1.165) is 33.5 Å². The zero-order chi connectivity index (χ0) is 18.0. The van der Waals surface area contributed by atoms with Crippen LogP contribution in [-0.4, -0.2) is 27.1 Å². The van der Waals surface area contributed by atoms with Gasteiger partial charge in [-0.1, -0.05) is 18.2 Å². The molecule has 0 spiro atoms. The molecule has 2 N–H and O–H groups in total. The zero-order valence-corrected chi connectivity index (χ0v) is 15.4. The van der Waals surface area contributed by atoms with E-state index in [1.54, 1.807) is 32.2 Å². The Morgan fingerprint density at radius 2 is 1.88 bits per heavy atom. The smallest absolute Gasteiger partial charge is 0.240 e. The molecule has 0 aliphatic rings. The number of methoxy groups -OCH3 is 1. The van der Waals surface area contributed by atoms with Gasteiger partial charge in [-0.2, -0.15) is 0 Å². The van der Waals surface area contributed by atoms with Crippen molar-refractivity contribution >= 4 is 20.9 Å². The molecule has 2 aromatic carbocycles. The third-order valence-electron chi connectivity index (χ3n) is 4.38. The van der Waals surface area contributed by atoms with E-state index in [0.29, 0.717) is 17.9 Å². The van der Waals surface area contributed by atoms with Crippen LogP contribution in [0.4, 0.5) is 0 Å². The lowest BCUT2D eigenvalue weighted by Gasteiger charge is -2.09. The molecule has 0 fully saturated rings. The molecular weight excluding hydrogens is 336 g/mol. The van der Waals surface area contributed by atoms with Crippen LogP contribution in [0.15, 0.2) is 47.4 Å². The summed E-state index contributed by atoms with van der Waals surface area (Å²) in [6.45, 7) is 4.13. The fraction of sp³-hybridized carbons (Fsp3) is 0.263. The first-order chi connectivity index (χ1) is 11.9. The minimum Gasteiger partial charge on any atom is -0.497 e. The van der Waals surface area contributed by atoms with Crippen LogP contribution < -0.4 is 9.46 Å². The van der Waals surface area contributed by atoms with E-state index >= 15 is 0 Å². The average Bonchev–Trinajstić information content (AvgIpc) is 2.90. The van der Waals surface area contributed by atoms with Gasteiger partial charge < -0.3 is 9.72 Å². The fourth-order valence-corrected chi connectivity index (χ4v) is 4.33. The number of sulfonamides is 1. The number of fused-ring (bicyclic) bond motifs is 1. The van der Waals surface area contributed by atoms with Gasteiger partial charge in [0.25, 0.3) is 0 Å². The Labute approximate surface area is 148 Å². The first-order valence-corrected chi connectivity index (χ1v) is 9.61. The minimum atomic E-state index is -3.51. The van der Waals surface area contributed by atoms with Crippen molar-refractivity contribution in [2.24, 2.45) is 0 Å². The number of aromatic nitrogens is 1. The van der Waals surface area contributed by atoms with Crippen LogP contribution >= 0.6 is 0 Å². The Kier molecular flexibility index (Phi) is 4.83. The Bertz CT molecular complexity index is 1010. The van der Waals surface area contributed by atoms with Gasteiger partial charge in [0.1, 0.15) is 5.75 Å². The highest BCUT2D eigenvalue weighted by Gasteiger charge is 2.16. The third kappa shape index (κ3) is 3.55. The van der Waals surface area contributed by atoms with Crippen molar-refractivity contribution in [2.75, 3.05) is 13.7 Å². The number of aromatic amines is 1. The highest BCUT2D eigenvalue weighted by Crippen LogP contribution is 2.26. The molecule has 0 bridgehead atoms. The second kappa shape index (κ2) is 6.90. The van der Waals surface area contributed by atoms with Crippen molar-refractivity contribution < 1.29 is 13.2 Å². The third-order valence-corrected chi connectivity index (χ3v) is 6.00. The Hall–Kier alpha value is -2.31. The van der Waals surface area contributed by atoms with Gasteiger partial charge in [-0.25, -0.2) is 13.1 Å². The molecule has 132 valence electrons. The molecule has 3 aromatic rings. The van der Waals surface area contributed by atoms with Gasteiger partial charge in [-0.3, -0.25) is 0 Å². The van der Waals surface area contributed by atoms with Gasteiger partial charge in [0.2, 0.25) is 10.0 Å². The molecular formula is C19H22N2O3S. The molecule has 0 saturated carbocycles. The lowest BCUT2D eigenvalue weighted by molar-refractivity contribution is 0.415. The molecule has 25 heavy (non-hydrogen) atoms. The molecule has 1 heterocycles. The SMILES string of the molecule is COc1ccc2[nH]c(C)c(CCNS(=O)(=O)c3ccccc3C)c2c1. The monoisotopic (exact) mass is 358 g/mol. The number of H-pyrrole nitrogens is 1. The van der Waals surface area contributed by atoms with Crippen LogP contribution in [0.25, 0.3) is 10.9 Å². The van der Waals surface area contributed by atoms with E-state index in [1.165, 1.54) is 0 Å². The lowest BCUT2D eigenvalue weighted by Crippen LogP contribution is -2.26. The molecule has 0 radical (unpaired) electrons. The van der Waals surface area contributed by atoms with E-state index in [1.807, 2.05) is 31.2 Å². The molecule has 0 unspecified atom stereocenters. The highest BCUT2D eigenvalue weighted by molar-refractivity contribution is 7.89. The maximum Gasteiger partial charge on any atom is 0.240 e. The first kappa shape index (κ1) is 17.5. The topological polar surface area (TPSA) is 71.2 Å². The van der Waals surface area contributed by atoms with Crippen LogP contribution in [0.5, 0.6) is 5.75 Å². The molecule has 3 rings (SSSR count). The average molecular weight is 358 g/mol. The van der Waals surface area contributed by atoms with Crippen molar-refractivity contribution in [2.45, 2.75) is 25.2 Å². The maximum absolute atomic E-state index is 12.5. The van der Waals surface area contributed by atoms with E-state index in [-0.39, 0.29) is 0 Å². The Morgan fingerprint density at radius 1 is 1.12 bits per heavy atom. The van der Waals surface area contributed by atoms with Gasteiger partial charge in [0, 0.05) is 23.1 Å². The zero-order valence-electron chi connectivity index (χ0n) is 14.6. The summed E-state index contributed by atoms with van der Waals surface area (Å²) in [7, 11) is -1.87. The quantitative estimate of drug-likeness (QED) is 0.710. The number of ether oxygens (including phenoxy) is 1. The maximum atomic E-state index is 12.5. The van der Waals surface area contributed by atoms with Crippen molar-refractivity contribution in [3.8, 4) is 5.75 Å². The number of benzene rings is 2. The van der Waals surface area contributed by atoms with E-state index in [2.05, 4.69) is 9.71 Å². The summed E-state index contributed by atoms with van der Waals surface area (Å²) in [6.07, 6.45) is 0.601. The van der Waals surface area contributed by atoms with Crippen molar-refractivity contribution in [3.63, 3.8) is 0 Å². The van der Waals surface area contributed by atoms with E-state index < -0.39 is 10.0 Å². The summed E-state index contributed by atoms with van der Waals surface area (Å²) in [5, 5.41) is 1.06. The summed E-state index contributed by atoms with van der Waals surface area (Å²) in [6, 6.07) is 12.8. The molecule has 0 saturated heterocycles. The molecule has 5 nitrogen and oxygen atoms in total. The minimum absolute atomic E-state index is 0.326. The predicted molar refractivity (Wildman–Crippen MR) is 99.7 cm³/mol. The number of rotatable bonds is 6. The standard InChI is InChI=1S/C19H22N2O3S/c1-13-6-4-5-7-19(13)25(22,23)20-11-10-16-14(2)21-18-9-8-15(24-3)12-17(16)18/h4-9,12,20-21H,10-11H2,1-3H3. The summed E-state index contributed by atoms with van der Waals surface area (Å²) >= 11 is 0. The summed E-state index contributed by atoms with van der Waals surface area (Å²) in [5.74, 6) is 0.785. The Morgan fingerprint density at radius 3 is 2.60 bits per heavy atom. The summed E-state index contributed by atoms with van der Waals surface area (Å²) < 4.78 is 33.0. The van der Waals surface area contributed by atoms with Crippen molar-refractivity contribution in [1.82, 2.24) is 9.71 Å². The van der Waals surface area contributed by atoms with Crippen LogP contribution in [0.2, 0.25) is 0 Å². The van der Waals surface area contributed by atoms with E-state index in [9.17, 15) is 8.42 Å². The normalized spacial score (nSPS) is 11.8. The lowest BCUT2D eigenvalue weighted by atomic mass is 10.1. The molecule has 6 heteroatoms. The van der Waals surface area contributed by atoms with Gasteiger partial charge in [0.05, 0.1) is 12.0 Å². The van der Waals surface area contributed by atoms with Crippen molar-refractivity contribution in [1.29, 1.82) is 0 Å². The van der Waals surface area contributed by atoms with Crippen LogP contribution in [0, 0.1) is 13.8 Å². The van der Waals surface area contributed by atoms with Gasteiger partial charge >= 0.3 is 0 Å². The molecule has 0 aliphatic carbocycles. The van der Waals surface area contributed by atoms with Crippen molar-refractivity contribution in [3.05, 3.63) is 59.3 Å². The molecule has 0 atom stereocenters. The second-order valence-corrected chi connectivity index (χ2v) is 7.79. The first-order valence-electron chi connectivity index (χ1n) is 8.13. The summed E-state index contributed by atoms with van der Waals surface area (Å²) in [5.41, 5.74) is 3.90. The second-order valence-electron chi connectivity index (χ2n) is 6.05. The highest BCUT2D eigenvalue weighted by atomic mass is 32.2. The molecule has 0 aliphatic heterocycles. The fourth-order valence-electron chi connectivity index (χ4n) is 3.06. The van der Waals surface area contributed by atoms with Crippen LogP contribution in [-0.2, 0) is 16.4 Å². The van der Waals surface area contributed by atoms with Crippen LogP contribution in [0.3, 0.4) is 0 Å². The number of aryl methyl sites for hydroxylation is 2. The Balaban J connectivity index is 1.79. The van der Waals surface area contributed by atoms with Gasteiger partial charge in [-0.05, 0) is 55.7 Å². The van der Waals surface area contributed by atoms with E-state index in [4.69, 9.17) is 4.74 Å². The molecule has 0 amide bonds. The number of hydrogen-bond donors (Lipinski definition) is 2. The summed E-state index contributed by atoms with van der Waals surface area (Å²) in [4.78, 5) is 3.66.